The first-order chi connectivity index (χ1) is 2.81. The standard InChI is InChI=1S/C5H11N/c1-3-5(6)4-2/h5H,1-4,6H2. The molecule has 36 valence electrons. The Morgan fingerprint density at radius 2 is 1.67 bits per heavy atom. The quantitative estimate of drug-likeness (QED) is 0.526. The van der Waals surface area contributed by atoms with Crippen LogP contribution in [0.2, 0.25) is 0 Å². The van der Waals surface area contributed by atoms with Gasteiger partial charge in [0.2, 0.25) is 0 Å². The maximum atomic E-state index is 5.35. The third kappa shape index (κ3) is 2.21. The molecule has 1 nitrogen and oxygen atoms in total. The van der Waals surface area contributed by atoms with E-state index >= 15 is 0 Å². The maximum absolute atomic E-state index is 5.35. The van der Waals surface area contributed by atoms with Gasteiger partial charge in [-0.25, -0.2) is 0 Å². The van der Waals surface area contributed by atoms with Crippen LogP contribution in [0.5, 0.6) is 0 Å². The first-order valence-corrected chi connectivity index (χ1v) is 2.15. The summed E-state index contributed by atoms with van der Waals surface area (Å²) in [4.78, 5) is 0. The van der Waals surface area contributed by atoms with Crippen molar-refractivity contribution in [2.45, 2.75) is 18.9 Å². The molecule has 0 spiro atoms. The van der Waals surface area contributed by atoms with Gasteiger partial charge in [-0.1, -0.05) is 13.8 Å². The van der Waals surface area contributed by atoms with E-state index in [1.807, 2.05) is 0 Å². The second kappa shape index (κ2) is 3.16. The third-order valence-corrected chi connectivity index (χ3v) is 0.742. The lowest BCUT2D eigenvalue weighted by Gasteiger charge is -1.99. The minimum atomic E-state index is 0.213. The first kappa shape index (κ1) is 5.96. The molecule has 0 saturated carbocycles. The van der Waals surface area contributed by atoms with Crippen LogP contribution in [0.1, 0.15) is 12.8 Å². The molecule has 2 N–H and O–H groups in total. The van der Waals surface area contributed by atoms with Crippen LogP contribution in [0.4, 0.5) is 0 Å². The highest BCUT2D eigenvalue weighted by Crippen LogP contribution is 1.87. The zero-order chi connectivity index (χ0) is 4.99. The fourth-order valence-electron chi connectivity index (χ4n) is 0.144. The fraction of sp³-hybridized carbons (Fsp3) is 0.600. The highest BCUT2D eigenvalue weighted by Gasteiger charge is 1.88. The van der Waals surface area contributed by atoms with Gasteiger partial charge in [-0.3, -0.25) is 0 Å². The number of hydrogen-bond donors (Lipinski definition) is 1. The molecular formula is C5H11N. The summed E-state index contributed by atoms with van der Waals surface area (Å²) in [6.07, 6.45) is 1.59. The minimum Gasteiger partial charge on any atom is -0.328 e. The Bertz CT molecular complexity index is 23.1. The van der Waals surface area contributed by atoms with Crippen molar-refractivity contribution in [3.05, 3.63) is 13.8 Å². The lowest BCUT2D eigenvalue weighted by Crippen LogP contribution is -2.16. The van der Waals surface area contributed by atoms with E-state index in [-0.39, 0.29) is 6.04 Å². The molecule has 0 atom stereocenters. The maximum Gasteiger partial charge on any atom is 0.00388 e. The van der Waals surface area contributed by atoms with Crippen molar-refractivity contribution in [2.24, 2.45) is 5.73 Å². The first-order valence-electron chi connectivity index (χ1n) is 2.15. The summed E-state index contributed by atoms with van der Waals surface area (Å²) < 4.78 is 0. The van der Waals surface area contributed by atoms with Crippen molar-refractivity contribution in [3.8, 4) is 0 Å². The summed E-state index contributed by atoms with van der Waals surface area (Å²) in [5.41, 5.74) is 5.35. The van der Waals surface area contributed by atoms with Crippen molar-refractivity contribution < 1.29 is 0 Å². The lowest BCUT2D eigenvalue weighted by atomic mass is 10.2. The van der Waals surface area contributed by atoms with Gasteiger partial charge < -0.3 is 5.73 Å². The van der Waals surface area contributed by atoms with Gasteiger partial charge in [0, 0.05) is 6.04 Å². The second-order valence-corrected chi connectivity index (χ2v) is 1.34. The summed E-state index contributed by atoms with van der Waals surface area (Å²) in [7, 11) is 0. The Morgan fingerprint density at radius 1 is 1.33 bits per heavy atom. The normalized spacial score (nSPS) is 10.0. The minimum absolute atomic E-state index is 0.213. The van der Waals surface area contributed by atoms with Gasteiger partial charge in [0.1, 0.15) is 0 Å². The molecule has 1 heteroatoms. The van der Waals surface area contributed by atoms with Crippen LogP contribution in [-0.4, -0.2) is 6.04 Å². The van der Waals surface area contributed by atoms with Crippen LogP contribution in [0.15, 0.2) is 0 Å². The van der Waals surface area contributed by atoms with Crippen molar-refractivity contribution in [1.29, 1.82) is 0 Å². The van der Waals surface area contributed by atoms with E-state index < -0.39 is 0 Å². The predicted octanol–water partition coefficient (Wildman–Crippen LogP) is 0.762. The molecule has 0 aliphatic carbocycles. The molecule has 2 radical (unpaired) electrons. The van der Waals surface area contributed by atoms with Crippen molar-refractivity contribution in [1.82, 2.24) is 0 Å². The molecule has 0 fully saturated rings. The molecule has 0 aliphatic rings. The lowest BCUT2D eigenvalue weighted by molar-refractivity contribution is 0.690. The SMILES string of the molecule is [CH2]CC(N)C[CH2]. The second-order valence-electron chi connectivity index (χ2n) is 1.34. The van der Waals surface area contributed by atoms with Gasteiger partial charge in [-0.15, -0.1) is 0 Å². The summed E-state index contributed by atoms with van der Waals surface area (Å²) in [6.45, 7) is 7.18. The van der Waals surface area contributed by atoms with Crippen LogP contribution < -0.4 is 5.73 Å². The highest BCUT2D eigenvalue weighted by molar-refractivity contribution is 4.61. The van der Waals surface area contributed by atoms with E-state index in [4.69, 9.17) is 5.73 Å². The predicted molar refractivity (Wildman–Crippen MR) is 27.9 cm³/mol. The third-order valence-electron chi connectivity index (χ3n) is 0.742. The Hall–Kier alpha value is -0.0400. The molecule has 0 bridgehead atoms. The van der Waals surface area contributed by atoms with Crippen molar-refractivity contribution >= 4 is 0 Å². The van der Waals surface area contributed by atoms with Gasteiger partial charge in [0.15, 0.2) is 0 Å². The van der Waals surface area contributed by atoms with Gasteiger partial charge in [-0.2, -0.15) is 0 Å². The number of rotatable bonds is 2. The zero-order valence-corrected chi connectivity index (χ0v) is 3.98. The van der Waals surface area contributed by atoms with Crippen LogP contribution in [0.3, 0.4) is 0 Å². The molecule has 0 aliphatic heterocycles. The average Bonchev–Trinajstić information content (AvgIpc) is 1.65. The van der Waals surface area contributed by atoms with Gasteiger partial charge in [-0.05, 0) is 12.8 Å². The Balaban J connectivity index is 2.75. The molecule has 0 aromatic rings. The summed E-state index contributed by atoms with van der Waals surface area (Å²) in [6, 6.07) is 0.213. The topological polar surface area (TPSA) is 26.0 Å². The fourth-order valence-corrected chi connectivity index (χ4v) is 0.144. The van der Waals surface area contributed by atoms with Crippen LogP contribution in [0, 0.1) is 13.8 Å². The molecule has 6 heavy (non-hydrogen) atoms. The molecule has 0 heterocycles. The van der Waals surface area contributed by atoms with Crippen LogP contribution >= 0.6 is 0 Å². The summed E-state index contributed by atoms with van der Waals surface area (Å²) in [5, 5.41) is 0. The Kier molecular flexibility index (Phi) is 3.14. The monoisotopic (exact) mass is 85.1 g/mol. The molecule has 0 saturated heterocycles. The molecule has 0 amide bonds. The molecule has 0 aromatic heterocycles. The highest BCUT2D eigenvalue weighted by atomic mass is 14.6. The molecule has 0 unspecified atom stereocenters. The largest absolute Gasteiger partial charge is 0.328 e. The van der Waals surface area contributed by atoms with E-state index in [2.05, 4.69) is 13.8 Å². The van der Waals surface area contributed by atoms with Crippen LogP contribution in [0.25, 0.3) is 0 Å². The Morgan fingerprint density at radius 3 is 1.67 bits per heavy atom. The zero-order valence-electron chi connectivity index (χ0n) is 3.98. The van der Waals surface area contributed by atoms with E-state index in [0.717, 1.165) is 12.8 Å². The Labute approximate surface area is 39.5 Å². The van der Waals surface area contributed by atoms with Crippen molar-refractivity contribution in [2.75, 3.05) is 0 Å². The van der Waals surface area contributed by atoms with Gasteiger partial charge in [0.05, 0.1) is 0 Å². The summed E-state index contributed by atoms with van der Waals surface area (Å²) in [5.74, 6) is 0. The average molecular weight is 85.2 g/mol. The van der Waals surface area contributed by atoms with Crippen LogP contribution in [-0.2, 0) is 0 Å². The molecule has 0 rings (SSSR count). The number of nitrogens with two attached hydrogens (primary N) is 1. The van der Waals surface area contributed by atoms with E-state index in [1.165, 1.54) is 0 Å². The smallest absolute Gasteiger partial charge is 0.00388 e. The van der Waals surface area contributed by atoms with E-state index in [1.54, 1.807) is 0 Å². The van der Waals surface area contributed by atoms with Gasteiger partial charge in [0.25, 0.3) is 0 Å². The molecule has 0 aromatic carbocycles. The summed E-state index contributed by atoms with van der Waals surface area (Å²) >= 11 is 0. The van der Waals surface area contributed by atoms with Crippen molar-refractivity contribution in [3.63, 3.8) is 0 Å². The van der Waals surface area contributed by atoms with E-state index in [0.29, 0.717) is 0 Å². The van der Waals surface area contributed by atoms with E-state index in [9.17, 15) is 0 Å². The van der Waals surface area contributed by atoms with Gasteiger partial charge >= 0.3 is 0 Å². The molecular weight excluding hydrogens is 74.1 g/mol. The number of hydrogen-bond acceptors (Lipinski definition) is 1.